The lowest BCUT2D eigenvalue weighted by Crippen LogP contribution is -2.15. The Kier molecular flexibility index (Phi) is 5.69. The summed E-state index contributed by atoms with van der Waals surface area (Å²) in [5, 5.41) is 11.8. The van der Waals surface area contributed by atoms with Crippen LogP contribution in [0, 0.1) is 0 Å². The number of carbonyl (C=O) groups is 2. The summed E-state index contributed by atoms with van der Waals surface area (Å²) in [5.41, 5.74) is -0.520. The second-order valence-corrected chi connectivity index (χ2v) is 5.68. The molecule has 0 spiro atoms. The van der Waals surface area contributed by atoms with Crippen LogP contribution in [0.1, 0.15) is 27.9 Å². The summed E-state index contributed by atoms with van der Waals surface area (Å²) in [7, 11) is 0. The van der Waals surface area contributed by atoms with Crippen molar-refractivity contribution in [1.82, 2.24) is 0 Å². The number of aryl methyl sites for hydroxylation is 1. The molecule has 2 aromatic carbocycles. The fraction of sp³-hybridized carbons (Fsp3) is 0.176. The van der Waals surface area contributed by atoms with Crippen molar-refractivity contribution in [2.45, 2.75) is 19.0 Å². The van der Waals surface area contributed by atoms with Crippen LogP contribution in [0.3, 0.4) is 0 Å². The van der Waals surface area contributed by atoms with Gasteiger partial charge in [-0.2, -0.15) is 13.2 Å². The highest BCUT2D eigenvalue weighted by molar-refractivity contribution is 6.31. The Morgan fingerprint density at radius 3 is 2.48 bits per heavy atom. The van der Waals surface area contributed by atoms with Crippen LogP contribution in [0.2, 0.25) is 5.02 Å². The van der Waals surface area contributed by atoms with E-state index in [2.05, 4.69) is 5.32 Å². The van der Waals surface area contributed by atoms with Gasteiger partial charge < -0.3 is 10.4 Å². The number of nitrogens with one attached hydrogen (secondary N) is 1. The first kappa shape index (κ1) is 18.8. The van der Waals surface area contributed by atoms with Gasteiger partial charge in [0.25, 0.3) is 0 Å². The summed E-state index contributed by atoms with van der Waals surface area (Å²) in [4.78, 5) is 23.1. The third-order valence-electron chi connectivity index (χ3n) is 3.38. The standard InChI is InChI=1S/C17H13ClF3NO3/c18-12-5-6-13(16(24)25)14(9-12)22-15(23)7-4-10-2-1-3-11(8-10)17(19,20)21/h1-3,5-6,8-9H,4,7H2,(H,22,23)(H,24,25). The van der Waals surface area contributed by atoms with Crippen LogP contribution in [0.4, 0.5) is 18.9 Å². The number of carboxylic acid groups (broad SMARTS) is 1. The SMILES string of the molecule is O=C(CCc1cccc(C(F)(F)F)c1)Nc1cc(Cl)ccc1C(=O)O. The number of hydrogen-bond acceptors (Lipinski definition) is 2. The van der Waals surface area contributed by atoms with Crippen molar-refractivity contribution in [2.24, 2.45) is 0 Å². The Bertz CT molecular complexity index is 806. The molecule has 0 radical (unpaired) electrons. The monoisotopic (exact) mass is 371 g/mol. The highest BCUT2D eigenvalue weighted by Gasteiger charge is 2.30. The van der Waals surface area contributed by atoms with Crippen molar-refractivity contribution in [3.05, 3.63) is 64.2 Å². The van der Waals surface area contributed by atoms with E-state index in [1.807, 2.05) is 0 Å². The van der Waals surface area contributed by atoms with E-state index >= 15 is 0 Å². The molecule has 0 saturated heterocycles. The molecule has 8 heteroatoms. The summed E-state index contributed by atoms with van der Waals surface area (Å²) in [6.45, 7) is 0. The van der Waals surface area contributed by atoms with Crippen molar-refractivity contribution >= 4 is 29.2 Å². The Morgan fingerprint density at radius 2 is 1.84 bits per heavy atom. The van der Waals surface area contributed by atoms with Gasteiger partial charge in [0.05, 0.1) is 16.8 Å². The second-order valence-electron chi connectivity index (χ2n) is 5.24. The molecule has 4 nitrogen and oxygen atoms in total. The van der Waals surface area contributed by atoms with E-state index < -0.39 is 23.6 Å². The molecule has 2 N–H and O–H groups in total. The zero-order valence-corrected chi connectivity index (χ0v) is 13.5. The second kappa shape index (κ2) is 7.57. The van der Waals surface area contributed by atoms with Gasteiger partial charge in [-0.25, -0.2) is 4.79 Å². The molecule has 0 heterocycles. The Hall–Kier alpha value is -2.54. The van der Waals surface area contributed by atoms with Gasteiger partial charge >= 0.3 is 12.1 Å². The van der Waals surface area contributed by atoms with E-state index in [0.717, 1.165) is 12.1 Å². The van der Waals surface area contributed by atoms with Crippen molar-refractivity contribution < 1.29 is 27.9 Å². The number of hydrogen-bond donors (Lipinski definition) is 2. The number of halogens is 4. The van der Waals surface area contributed by atoms with E-state index in [9.17, 15) is 22.8 Å². The number of benzene rings is 2. The van der Waals surface area contributed by atoms with Crippen molar-refractivity contribution in [3.8, 4) is 0 Å². The molecule has 0 saturated carbocycles. The maximum atomic E-state index is 12.7. The normalized spacial score (nSPS) is 11.2. The molecular weight excluding hydrogens is 359 g/mol. The lowest BCUT2D eigenvalue weighted by atomic mass is 10.1. The first-order chi connectivity index (χ1) is 11.7. The van der Waals surface area contributed by atoms with Gasteiger partial charge in [-0.1, -0.05) is 29.8 Å². The quantitative estimate of drug-likeness (QED) is 0.805. The molecule has 2 aromatic rings. The molecule has 2 rings (SSSR count). The Labute approximate surface area is 146 Å². The minimum Gasteiger partial charge on any atom is -0.478 e. The maximum Gasteiger partial charge on any atom is 0.416 e. The number of aromatic carboxylic acids is 1. The number of rotatable bonds is 5. The molecule has 0 bridgehead atoms. The summed E-state index contributed by atoms with van der Waals surface area (Å²) in [6, 6.07) is 8.63. The van der Waals surface area contributed by atoms with E-state index in [4.69, 9.17) is 16.7 Å². The fourth-order valence-electron chi connectivity index (χ4n) is 2.18. The number of carboxylic acids is 1. The Morgan fingerprint density at radius 1 is 1.12 bits per heavy atom. The molecule has 0 aliphatic carbocycles. The largest absolute Gasteiger partial charge is 0.478 e. The van der Waals surface area contributed by atoms with Gasteiger partial charge in [0, 0.05) is 11.4 Å². The summed E-state index contributed by atoms with van der Waals surface area (Å²) in [5.74, 6) is -1.76. The topological polar surface area (TPSA) is 66.4 Å². The van der Waals surface area contributed by atoms with Crippen LogP contribution in [-0.2, 0) is 17.4 Å². The maximum absolute atomic E-state index is 12.7. The Balaban J connectivity index is 2.05. The zero-order valence-electron chi connectivity index (χ0n) is 12.7. The van der Waals surface area contributed by atoms with E-state index in [1.165, 1.54) is 30.3 Å². The predicted molar refractivity (Wildman–Crippen MR) is 86.8 cm³/mol. The first-order valence-corrected chi connectivity index (χ1v) is 7.53. The average Bonchev–Trinajstić information content (AvgIpc) is 2.52. The van der Waals surface area contributed by atoms with Crippen molar-refractivity contribution in [1.29, 1.82) is 0 Å². The molecule has 25 heavy (non-hydrogen) atoms. The summed E-state index contributed by atoms with van der Waals surface area (Å²) < 4.78 is 38.0. The molecular formula is C17H13ClF3NO3. The molecule has 0 aliphatic rings. The van der Waals surface area contributed by atoms with Crippen LogP contribution in [0.25, 0.3) is 0 Å². The number of anilines is 1. The molecule has 1 amide bonds. The molecule has 0 aliphatic heterocycles. The van der Waals surface area contributed by atoms with Crippen LogP contribution < -0.4 is 5.32 Å². The minimum absolute atomic E-state index is 0.0362. The predicted octanol–water partition coefficient (Wildman–Crippen LogP) is 4.63. The molecule has 132 valence electrons. The van der Waals surface area contributed by atoms with E-state index in [1.54, 1.807) is 0 Å². The highest BCUT2D eigenvalue weighted by Crippen LogP contribution is 2.29. The molecule has 0 aromatic heterocycles. The fourth-order valence-corrected chi connectivity index (χ4v) is 2.35. The van der Waals surface area contributed by atoms with Crippen molar-refractivity contribution in [3.63, 3.8) is 0 Å². The number of carbonyl (C=O) groups excluding carboxylic acids is 1. The molecule has 0 fully saturated rings. The van der Waals surface area contributed by atoms with Crippen LogP contribution in [0.15, 0.2) is 42.5 Å². The van der Waals surface area contributed by atoms with Gasteiger partial charge in [0.2, 0.25) is 5.91 Å². The van der Waals surface area contributed by atoms with Crippen LogP contribution >= 0.6 is 11.6 Å². The van der Waals surface area contributed by atoms with E-state index in [0.29, 0.717) is 5.56 Å². The van der Waals surface area contributed by atoms with Gasteiger partial charge in [-0.3, -0.25) is 4.79 Å². The van der Waals surface area contributed by atoms with Gasteiger partial charge in [0.1, 0.15) is 0 Å². The third-order valence-corrected chi connectivity index (χ3v) is 3.62. The van der Waals surface area contributed by atoms with Gasteiger partial charge in [-0.15, -0.1) is 0 Å². The van der Waals surface area contributed by atoms with E-state index in [-0.39, 0.29) is 29.1 Å². The summed E-state index contributed by atoms with van der Waals surface area (Å²) >= 11 is 5.79. The number of alkyl halides is 3. The zero-order chi connectivity index (χ0) is 18.6. The van der Waals surface area contributed by atoms with Crippen LogP contribution in [-0.4, -0.2) is 17.0 Å². The first-order valence-electron chi connectivity index (χ1n) is 7.15. The van der Waals surface area contributed by atoms with Gasteiger partial charge in [-0.05, 0) is 36.2 Å². The van der Waals surface area contributed by atoms with Gasteiger partial charge in [0.15, 0.2) is 0 Å². The van der Waals surface area contributed by atoms with Crippen molar-refractivity contribution in [2.75, 3.05) is 5.32 Å². The van der Waals surface area contributed by atoms with Crippen LogP contribution in [0.5, 0.6) is 0 Å². The molecule has 0 unspecified atom stereocenters. The third kappa shape index (κ3) is 5.22. The highest BCUT2D eigenvalue weighted by atomic mass is 35.5. The number of amides is 1. The lowest BCUT2D eigenvalue weighted by molar-refractivity contribution is -0.137. The smallest absolute Gasteiger partial charge is 0.416 e. The average molecular weight is 372 g/mol. The summed E-state index contributed by atoms with van der Waals surface area (Å²) in [6.07, 6.45) is -4.47. The minimum atomic E-state index is -4.45. The molecule has 0 atom stereocenters. The lowest BCUT2D eigenvalue weighted by Gasteiger charge is -2.10.